The molecule has 0 spiro atoms. The van der Waals surface area contributed by atoms with E-state index in [1.165, 1.54) is 56.5 Å². The lowest BCUT2D eigenvalue weighted by molar-refractivity contribution is 0.0844. The van der Waals surface area contributed by atoms with Crippen LogP contribution >= 0.6 is 0 Å². The van der Waals surface area contributed by atoms with E-state index >= 15 is 0 Å². The van der Waals surface area contributed by atoms with E-state index in [1.54, 1.807) is 6.33 Å². The Bertz CT molecular complexity index is 389. The van der Waals surface area contributed by atoms with Crippen LogP contribution in [0.3, 0.4) is 0 Å². The molecule has 2 heterocycles. The van der Waals surface area contributed by atoms with Gasteiger partial charge in [0.1, 0.15) is 6.33 Å². The first-order valence-electron chi connectivity index (χ1n) is 6.90. The highest BCUT2D eigenvalue weighted by Crippen LogP contribution is 2.33. The average molecular weight is 231 g/mol. The fourth-order valence-electron chi connectivity index (χ4n) is 3.52. The van der Waals surface area contributed by atoms with E-state index in [-0.39, 0.29) is 0 Å². The Hall–Kier alpha value is -0.960. The fraction of sp³-hybridized carbons (Fsp3) is 0.714. The first kappa shape index (κ1) is 11.1. The normalized spacial score (nSPS) is 28.5. The van der Waals surface area contributed by atoms with Crippen LogP contribution in [0, 0.1) is 5.92 Å². The van der Waals surface area contributed by atoms with Crippen LogP contribution in [0.4, 0.5) is 0 Å². The van der Waals surface area contributed by atoms with Crippen molar-refractivity contribution >= 4 is 0 Å². The second-order valence-corrected chi connectivity index (χ2v) is 5.41. The minimum absolute atomic E-state index is 0.752. The van der Waals surface area contributed by atoms with Gasteiger partial charge in [0.25, 0.3) is 0 Å². The second kappa shape index (κ2) is 4.73. The number of piperidine rings is 1. The summed E-state index contributed by atoms with van der Waals surface area (Å²) in [6.45, 7) is 4.83. The molecule has 0 aromatic carbocycles. The molecular formula is C14H21N3. The number of rotatable bonds is 2. The molecular weight excluding hydrogens is 210 g/mol. The highest BCUT2D eigenvalue weighted by atomic mass is 15.2. The van der Waals surface area contributed by atoms with Crippen LogP contribution in [0.25, 0.3) is 0 Å². The van der Waals surface area contributed by atoms with E-state index in [2.05, 4.69) is 21.8 Å². The van der Waals surface area contributed by atoms with Gasteiger partial charge in [-0.25, -0.2) is 9.97 Å². The topological polar surface area (TPSA) is 29.0 Å². The van der Waals surface area contributed by atoms with Crippen molar-refractivity contribution < 1.29 is 0 Å². The lowest BCUT2D eigenvalue weighted by atomic mass is 9.77. The molecule has 0 radical (unpaired) electrons. The summed E-state index contributed by atoms with van der Waals surface area (Å²) < 4.78 is 0. The van der Waals surface area contributed by atoms with Gasteiger partial charge in [-0.05, 0) is 56.7 Å². The van der Waals surface area contributed by atoms with Gasteiger partial charge in [0.15, 0.2) is 0 Å². The highest BCUT2D eigenvalue weighted by molar-refractivity contribution is 5.22. The number of likely N-dealkylation sites (tertiary alicyclic amines) is 1. The minimum atomic E-state index is 0.752. The molecule has 1 aliphatic carbocycles. The Labute approximate surface area is 103 Å². The molecule has 92 valence electrons. The smallest absolute Gasteiger partial charge is 0.115 e. The molecule has 2 unspecified atom stereocenters. The van der Waals surface area contributed by atoms with Crippen molar-refractivity contribution in [1.82, 2.24) is 14.9 Å². The molecule has 1 aliphatic heterocycles. The highest BCUT2D eigenvalue weighted by Gasteiger charge is 2.35. The molecule has 2 atom stereocenters. The first-order chi connectivity index (χ1) is 8.38. The van der Waals surface area contributed by atoms with Gasteiger partial charge < -0.3 is 0 Å². The van der Waals surface area contributed by atoms with Gasteiger partial charge >= 0.3 is 0 Å². The van der Waals surface area contributed by atoms with E-state index in [4.69, 9.17) is 0 Å². The van der Waals surface area contributed by atoms with E-state index in [1.807, 2.05) is 6.20 Å². The first-order valence-corrected chi connectivity index (χ1v) is 6.90. The predicted molar refractivity (Wildman–Crippen MR) is 67.8 cm³/mol. The minimum Gasteiger partial charge on any atom is -0.300 e. The summed E-state index contributed by atoms with van der Waals surface area (Å²) in [6, 6.07) is 0.752. The lowest BCUT2D eigenvalue weighted by Gasteiger charge is -2.44. The van der Waals surface area contributed by atoms with Gasteiger partial charge in [0.2, 0.25) is 0 Å². The van der Waals surface area contributed by atoms with Crippen LogP contribution in [-0.2, 0) is 12.8 Å². The van der Waals surface area contributed by atoms with Gasteiger partial charge in [-0.2, -0.15) is 0 Å². The Morgan fingerprint density at radius 3 is 3.24 bits per heavy atom. The van der Waals surface area contributed by atoms with Crippen molar-refractivity contribution in [2.75, 3.05) is 13.1 Å². The van der Waals surface area contributed by atoms with Gasteiger partial charge in [-0.1, -0.05) is 6.92 Å². The van der Waals surface area contributed by atoms with Gasteiger partial charge in [-0.3, -0.25) is 4.90 Å². The fourth-order valence-corrected chi connectivity index (χ4v) is 3.52. The maximum atomic E-state index is 4.45. The van der Waals surface area contributed by atoms with E-state index in [9.17, 15) is 0 Å². The summed E-state index contributed by atoms with van der Waals surface area (Å²) in [5.74, 6) is 0.831. The van der Waals surface area contributed by atoms with Crippen LogP contribution in [0.5, 0.6) is 0 Å². The molecule has 1 aromatic rings. The third-order valence-corrected chi connectivity index (χ3v) is 4.31. The van der Waals surface area contributed by atoms with Crippen molar-refractivity contribution in [3.8, 4) is 0 Å². The SMILES string of the molecule is CCCN1CCCC2Cc3ncncc3CC21. The Morgan fingerprint density at radius 2 is 2.35 bits per heavy atom. The van der Waals surface area contributed by atoms with Crippen molar-refractivity contribution in [3.63, 3.8) is 0 Å². The lowest BCUT2D eigenvalue weighted by Crippen LogP contribution is -2.49. The summed E-state index contributed by atoms with van der Waals surface area (Å²) in [5, 5.41) is 0. The monoisotopic (exact) mass is 231 g/mol. The molecule has 2 aliphatic rings. The second-order valence-electron chi connectivity index (χ2n) is 5.41. The van der Waals surface area contributed by atoms with E-state index in [0.29, 0.717) is 0 Å². The number of aromatic nitrogens is 2. The summed E-state index contributed by atoms with van der Waals surface area (Å²) in [6.07, 6.45) is 10.1. The summed E-state index contributed by atoms with van der Waals surface area (Å²) in [5.41, 5.74) is 2.69. The summed E-state index contributed by atoms with van der Waals surface area (Å²) in [4.78, 5) is 11.3. The zero-order valence-corrected chi connectivity index (χ0v) is 10.6. The number of fused-ring (bicyclic) bond motifs is 2. The van der Waals surface area contributed by atoms with Crippen LogP contribution in [0.15, 0.2) is 12.5 Å². The van der Waals surface area contributed by atoms with Crippen LogP contribution in [0.1, 0.15) is 37.4 Å². The van der Waals surface area contributed by atoms with Crippen molar-refractivity contribution in [3.05, 3.63) is 23.8 Å². The van der Waals surface area contributed by atoms with Gasteiger partial charge in [-0.15, -0.1) is 0 Å². The standard InChI is InChI=1S/C14H21N3/c1-2-5-17-6-3-4-11-7-13-12(8-14(11)17)9-15-10-16-13/h9-11,14H,2-8H2,1H3. The third-order valence-electron chi connectivity index (χ3n) is 4.31. The van der Waals surface area contributed by atoms with Crippen LogP contribution < -0.4 is 0 Å². The zero-order chi connectivity index (χ0) is 11.7. The molecule has 1 fully saturated rings. The number of nitrogens with zero attached hydrogens (tertiary/aromatic N) is 3. The zero-order valence-electron chi connectivity index (χ0n) is 10.6. The van der Waals surface area contributed by atoms with Gasteiger partial charge in [0, 0.05) is 17.9 Å². The summed E-state index contributed by atoms with van der Waals surface area (Å²) >= 11 is 0. The largest absolute Gasteiger partial charge is 0.300 e. The Balaban J connectivity index is 1.84. The third kappa shape index (κ3) is 2.08. The molecule has 0 bridgehead atoms. The molecule has 17 heavy (non-hydrogen) atoms. The van der Waals surface area contributed by atoms with Crippen LogP contribution in [-0.4, -0.2) is 34.0 Å². The summed E-state index contributed by atoms with van der Waals surface area (Å²) in [7, 11) is 0. The molecule has 0 N–H and O–H groups in total. The van der Waals surface area contributed by atoms with Crippen molar-refractivity contribution in [2.24, 2.45) is 5.92 Å². The van der Waals surface area contributed by atoms with Crippen molar-refractivity contribution in [1.29, 1.82) is 0 Å². The number of hydrogen-bond donors (Lipinski definition) is 0. The molecule has 0 saturated carbocycles. The molecule has 3 nitrogen and oxygen atoms in total. The Kier molecular flexibility index (Phi) is 3.10. The molecule has 1 aromatic heterocycles. The van der Waals surface area contributed by atoms with Gasteiger partial charge in [0.05, 0.1) is 0 Å². The molecule has 1 saturated heterocycles. The maximum Gasteiger partial charge on any atom is 0.115 e. The molecule has 3 rings (SSSR count). The number of hydrogen-bond acceptors (Lipinski definition) is 3. The van der Waals surface area contributed by atoms with Crippen LogP contribution in [0.2, 0.25) is 0 Å². The van der Waals surface area contributed by atoms with Crippen molar-refractivity contribution in [2.45, 2.75) is 45.1 Å². The molecule has 3 heteroatoms. The predicted octanol–water partition coefficient (Wildman–Crippen LogP) is 2.07. The average Bonchev–Trinajstić information content (AvgIpc) is 2.37. The van der Waals surface area contributed by atoms with E-state index in [0.717, 1.165) is 12.0 Å². The molecule has 0 amide bonds. The quantitative estimate of drug-likeness (QED) is 0.780. The Morgan fingerprint density at radius 1 is 1.41 bits per heavy atom. The maximum absolute atomic E-state index is 4.45. The van der Waals surface area contributed by atoms with E-state index < -0.39 is 0 Å².